The number of amides is 1. The molecule has 0 radical (unpaired) electrons. The van der Waals surface area contributed by atoms with E-state index >= 15 is 0 Å². The van der Waals surface area contributed by atoms with Crippen LogP contribution >= 0.6 is 0 Å². The maximum absolute atomic E-state index is 11.9. The van der Waals surface area contributed by atoms with Crippen molar-refractivity contribution in [3.63, 3.8) is 0 Å². The molecule has 0 spiro atoms. The Labute approximate surface area is 98.0 Å². The average molecular weight is 226 g/mol. The molecule has 84 valence electrons. The van der Waals surface area contributed by atoms with Gasteiger partial charge in [0.15, 0.2) is 0 Å². The summed E-state index contributed by atoms with van der Waals surface area (Å²) in [5.74, 6) is 0. The van der Waals surface area contributed by atoms with Gasteiger partial charge in [-0.15, -0.1) is 0 Å². The van der Waals surface area contributed by atoms with Crippen molar-refractivity contribution >= 4 is 17.1 Å². The third-order valence-electron chi connectivity index (χ3n) is 2.33. The Kier molecular flexibility index (Phi) is 2.88. The Bertz CT molecular complexity index is 608. The van der Waals surface area contributed by atoms with Gasteiger partial charge in [-0.05, 0) is 12.1 Å². The number of nitriles is 1. The van der Waals surface area contributed by atoms with Crippen LogP contribution in [0.25, 0.3) is 11.0 Å². The van der Waals surface area contributed by atoms with E-state index in [0.717, 1.165) is 5.52 Å². The van der Waals surface area contributed by atoms with Gasteiger partial charge in [-0.25, -0.2) is 9.78 Å². The summed E-state index contributed by atoms with van der Waals surface area (Å²) in [7, 11) is 0. The van der Waals surface area contributed by atoms with Crippen molar-refractivity contribution in [3.05, 3.63) is 43.2 Å². The van der Waals surface area contributed by atoms with E-state index in [2.05, 4.69) is 16.9 Å². The number of carbonyl (C=O) groups is 1. The van der Waals surface area contributed by atoms with Gasteiger partial charge in [0.2, 0.25) is 0 Å². The first-order chi connectivity index (χ1) is 8.26. The molecule has 2 rings (SSSR count). The lowest BCUT2D eigenvalue weighted by molar-refractivity contribution is 0.242. The van der Waals surface area contributed by atoms with Gasteiger partial charge in [0.1, 0.15) is 12.4 Å². The molecule has 5 heteroatoms. The second-order valence-electron chi connectivity index (χ2n) is 3.40. The molecule has 0 bridgehead atoms. The summed E-state index contributed by atoms with van der Waals surface area (Å²) < 4.78 is 1.36. The highest BCUT2D eigenvalue weighted by Gasteiger charge is 2.12. The van der Waals surface area contributed by atoms with E-state index in [9.17, 15) is 4.79 Å². The Morgan fingerprint density at radius 1 is 1.59 bits per heavy atom. The predicted octanol–water partition coefficient (Wildman–Crippen LogP) is 1.67. The summed E-state index contributed by atoms with van der Waals surface area (Å²) in [6.07, 6.45) is 2.80. The van der Waals surface area contributed by atoms with Crippen LogP contribution in [0.3, 0.4) is 0 Å². The third kappa shape index (κ3) is 2.01. The molecule has 1 heterocycles. The van der Waals surface area contributed by atoms with Crippen molar-refractivity contribution < 1.29 is 4.79 Å². The molecule has 1 aromatic heterocycles. The molecule has 0 saturated carbocycles. The zero-order valence-electron chi connectivity index (χ0n) is 9.00. The molecule has 17 heavy (non-hydrogen) atoms. The highest BCUT2D eigenvalue weighted by Crippen LogP contribution is 2.11. The maximum Gasteiger partial charge on any atom is 0.328 e. The van der Waals surface area contributed by atoms with Gasteiger partial charge in [-0.2, -0.15) is 5.26 Å². The Balaban J connectivity index is 2.31. The normalized spacial score (nSPS) is 11.7. The highest BCUT2D eigenvalue weighted by molar-refractivity contribution is 5.89. The molecule has 1 amide bonds. The summed E-state index contributed by atoms with van der Waals surface area (Å²) in [6, 6.07) is 8.08. The molecule has 0 aliphatic carbocycles. The lowest BCUT2D eigenvalue weighted by atomic mass is 10.3. The molecule has 0 aliphatic rings. The second-order valence-corrected chi connectivity index (χ2v) is 3.40. The molecule has 0 saturated heterocycles. The number of aromatic nitrogens is 2. The molecule has 0 aliphatic heterocycles. The Hall–Kier alpha value is -2.61. The number of fused-ring (bicyclic) bond motifs is 1. The van der Waals surface area contributed by atoms with Crippen LogP contribution in [0.4, 0.5) is 4.79 Å². The molecule has 1 N–H and O–H groups in total. The van der Waals surface area contributed by atoms with E-state index in [1.807, 2.05) is 24.3 Å². The summed E-state index contributed by atoms with van der Waals surface area (Å²) >= 11 is 0. The lowest BCUT2D eigenvalue weighted by Gasteiger charge is -2.07. The number of para-hydroxylation sites is 2. The number of hydrogen-bond donors (Lipinski definition) is 1. The molecule has 2 aromatic rings. The van der Waals surface area contributed by atoms with Crippen LogP contribution < -0.4 is 5.32 Å². The summed E-state index contributed by atoms with van der Waals surface area (Å²) in [4.78, 5) is 16.0. The van der Waals surface area contributed by atoms with Crippen LogP contribution in [0, 0.1) is 11.3 Å². The van der Waals surface area contributed by atoms with E-state index in [1.165, 1.54) is 17.0 Å². The SMILES string of the molecule is C=CC(C#N)NC(=O)n1cnc2ccccc21. The van der Waals surface area contributed by atoms with E-state index < -0.39 is 12.1 Å². The maximum atomic E-state index is 11.9. The fourth-order valence-corrected chi connectivity index (χ4v) is 1.47. The van der Waals surface area contributed by atoms with Crippen molar-refractivity contribution in [2.45, 2.75) is 6.04 Å². The standard InChI is InChI=1S/C12H10N4O/c1-2-9(7-13)15-12(17)16-8-14-10-5-3-4-6-11(10)16/h2-6,8-9H,1H2,(H,15,17). The zero-order valence-corrected chi connectivity index (χ0v) is 9.00. The van der Waals surface area contributed by atoms with Gasteiger partial charge < -0.3 is 5.32 Å². The van der Waals surface area contributed by atoms with Crippen LogP contribution in [-0.2, 0) is 0 Å². The Morgan fingerprint density at radius 2 is 2.35 bits per heavy atom. The van der Waals surface area contributed by atoms with E-state index in [4.69, 9.17) is 5.26 Å². The van der Waals surface area contributed by atoms with Crippen molar-refractivity contribution in [1.29, 1.82) is 5.26 Å². The van der Waals surface area contributed by atoms with E-state index in [-0.39, 0.29) is 0 Å². The van der Waals surface area contributed by atoms with Gasteiger partial charge in [0.25, 0.3) is 0 Å². The van der Waals surface area contributed by atoms with Crippen LogP contribution in [0.2, 0.25) is 0 Å². The molecule has 5 nitrogen and oxygen atoms in total. The summed E-state index contributed by atoms with van der Waals surface area (Å²) in [5.41, 5.74) is 1.43. The van der Waals surface area contributed by atoms with Gasteiger partial charge in [-0.3, -0.25) is 4.57 Å². The fraction of sp³-hybridized carbons (Fsp3) is 0.0833. The van der Waals surface area contributed by atoms with Crippen LogP contribution in [0.15, 0.2) is 43.2 Å². The van der Waals surface area contributed by atoms with Gasteiger partial charge in [0.05, 0.1) is 17.1 Å². The largest absolute Gasteiger partial charge is 0.328 e. The monoisotopic (exact) mass is 226 g/mol. The Morgan fingerprint density at radius 3 is 3.06 bits per heavy atom. The number of imidazole rings is 1. The number of rotatable bonds is 2. The fourth-order valence-electron chi connectivity index (χ4n) is 1.47. The first-order valence-corrected chi connectivity index (χ1v) is 5.01. The van der Waals surface area contributed by atoms with E-state index in [1.54, 1.807) is 6.07 Å². The number of carbonyl (C=O) groups excluding carboxylic acids is 1. The molecule has 1 atom stereocenters. The predicted molar refractivity (Wildman–Crippen MR) is 63.3 cm³/mol. The molecule has 1 unspecified atom stereocenters. The molecular formula is C12H10N4O. The summed E-state index contributed by atoms with van der Waals surface area (Å²) in [5, 5.41) is 11.2. The van der Waals surface area contributed by atoms with Crippen LogP contribution in [0.1, 0.15) is 0 Å². The average Bonchev–Trinajstić information content (AvgIpc) is 2.79. The van der Waals surface area contributed by atoms with Gasteiger partial charge in [0, 0.05) is 0 Å². The second kappa shape index (κ2) is 4.49. The zero-order chi connectivity index (χ0) is 12.3. The van der Waals surface area contributed by atoms with Crippen molar-refractivity contribution in [2.75, 3.05) is 0 Å². The van der Waals surface area contributed by atoms with Crippen LogP contribution in [0.5, 0.6) is 0 Å². The quantitative estimate of drug-likeness (QED) is 0.792. The first-order valence-electron chi connectivity index (χ1n) is 5.01. The van der Waals surface area contributed by atoms with Gasteiger partial charge >= 0.3 is 6.03 Å². The smallest absolute Gasteiger partial charge is 0.318 e. The molecular weight excluding hydrogens is 216 g/mol. The minimum atomic E-state index is -0.705. The van der Waals surface area contributed by atoms with Crippen molar-refractivity contribution in [3.8, 4) is 6.07 Å². The first kappa shape index (κ1) is 10.9. The minimum absolute atomic E-state index is 0.398. The topological polar surface area (TPSA) is 70.7 Å². The third-order valence-corrected chi connectivity index (χ3v) is 2.33. The number of benzene rings is 1. The van der Waals surface area contributed by atoms with Crippen molar-refractivity contribution in [1.82, 2.24) is 14.9 Å². The number of nitrogens with one attached hydrogen (secondary N) is 1. The molecule has 0 fully saturated rings. The van der Waals surface area contributed by atoms with E-state index in [0.29, 0.717) is 5.52 Å². The van der Waals surface area contributed by atoms with Gasteiger partial charge in [-0.1, -0.05) is 24.8 Å². The van der Waals surface area contributed by atoms with Crippen molar-refractivity contribution in [2.24, 2.45) is 0 Å². The lowest BCUT2D eigenvalue weighted by Crippen LogP contribution is -2.35. The summed E-state index contributed by atoms with van der Waals surface area (Å²) in [6.45, 7) is 3.47. The molecule has 1 aromatic carbocycles. The number of nitrogens with zero attached hydrogens (tertiary/aromatic N) is 3. The highest BCUT2D eigenvalue weighted by atomic mass is 16.2. The van der Waals surface area contributed by atoms with Crippen LogP contribution in [-0.4, -0.2) is 21.6 Å². The minimum Gasteiger partial charge on any atom is -0.318 e. The number of hydrogen-bond acceptors (Lipinski definition) is 3.